The van der Waals surface area contributed by atoms with Crippen molar-refractivity contribution in [3.05, 3.63) is 35.7 Å². The van der Waals surface area contributed by atoms with Crippen LogP contribution in [0.4, 0.5) is 0 Å². The highest BCUT2D eigenvalue weighted by Gasteiger charge is 2.16. The molecule has 0 aliphatic rings. The van der Waals surface area contributed by atoms with Crippen LogP contribution in [0.3, 0.4) is 0 Å². The number of benzene rings is 1. The highest BCUT2D eigenvalue weighted by atomic mass is 32.2. The summed E-state index contributed by atoms with van der Waals surface area (Å²) >= 11 is 0. The van der Waals surface area contributed by atoms with E-state index < -0.39 is 10.0 Å². The standard InChI is InChI=1S/C13H18N6O3S/c1-10-3-4-11(2)12(7-10)23(21,22)16-6-5-14-13(20)8-19-9-15-17-18-19/h3-4,7,9,16H,5-6,8H2,1-2H3,(H,14,20). The zero-order valence-electron chi connectivity index (χ0n) is 12.9. The van der Waals surface area contributed by atoms with Gasteiger partial charge in [-0.3, -0.25) is 4.79 Å². The van der Waals surface area contributed by atoms with Crippen LogP contribution in [-0.2, 0) is 21.4 Å². The van der Waals surface area contributed by atoms with E-state index in [4.69, 9.17) is 0 Å². The second-order valence-corrected chi connectivity index (χ2v) is 6.76. The van der Waals surface area contributed by atoms with Crippen molar-refractivity contribution in [1.29, 1.82) is 0 Å². The average Bonchev–Trinajstić information content (AvgIpc) is 2.99. The largest absolute Gasteiger partial charge is 0.353 e. The van der Waals surface area contributed by atoms with Gasteiger partial charge in [-0.05, 0) is 41.5 Å². The monoisotopic (exact) mass is 338 g/mol. The fourth-order valence-corrected chi connectivity index (χ4v) is 3.28. The van der Waals surface area contributed by atoms with E-state index in [0.29, 0.717) is 5.56 Å². The second kappa shape index (κ2) is 7.29. The molecule has 124 valence electrons. The molecule has 0 aliphatic heterocycles. The molecule has 2 N–H and O–H groups in total. The van der Waals surface area contributed by atoms with E-state index in [-0.39, 0.29) is 30.4 Å². The molecule has 0 saturated heterocycles. The predicted octanol–water partition coefficient (Wildman–Crippen LogP) is -0.615. The van der Waals surface area contributed by atoms with Gasteiger partial charge in [-0.25, -0.2) is 17.8 Å². The third-order valence-corrected chi connectivity index (χ3v) is 4.67. The summed E-state index contributed by atoms with van der Waals surface area (Å²) in [6.07, 6.45) is 1.32. The van der Waals surface area contributed by atoms with Gasteiger partial charge in [0.2, 0.25) is 15.9 Å². The molecular weight excluding hydrogens is 320 g/mol. The molecule has 0 atom stereocenters. The van der Waals surface area contributed by atoms with Crippen LogP contribution in [-0.4, -0.2) is 47.6 Å². The Balaban J connectivity index is 1.83. The third kappa shape index (κ3) is 4.83. The lowest BCUT2D eigenvalue weighted by molar-refractivity contribution is -0.121. The number of rotatable bonds is 7. The first-order valence-corrected chi connectivity index (χ1v) is 8.41. The fourth-order valence-electron chi connectivity index (χ4n) is 1.92. The van der Waals surface area contributed by atoms with Crippen LogP contribution in [0.25, 0.3) is 0 Å². The summed E-state index contributed by atoms with van der Waals surface area (Å²) in [4.78, 5) is 11.8. The fraction of sp³-hybridized carbons (Fsp3) is 0.385. The van der Waals surface area contributed by atoms with Crippen LogP contribution in [0.2, 0.25) is 0 Å². The van der Waals surface area contributed by atoms with Gasteiger partial charge in [0.15, 0.2) is 0 Å². The smallest absolute Gasteiger partial charge is 0.241 e. The molecule has 0 fully saturated rings. The number of aromatic nitrogens is 4. The highest BCUT2D eigenvalue weighted by molar-refractivity contribution is 7.89. The molecule has 1 aromatic heterocycles. The van der Waals surface area contributed by atoms with Gasteiger partial charge in [0.25, 0.3) is 0 Å². The number of hydrogen-bond acceptors (Lipinski definition) is 6. The van der Waals surface area contributed by atoms with E-state index in [9.17, 15) is 13.2 Å². The SMILES string of the molecule is Cc1ccc(C)c(S(=O)(=O)NCCNC(=O)Cn2cnnn2)c1. The van der Waals surface area contributed by atoms with E-state index in [1.807, 2.05) is 13.0 Å². The Labute approximate surface area is 134 Å². The number of tetrazole rings is 1. The number of amides is 1. The quantitative estimate of drug-likeness (QED) is 0.650. The van der Waals surface area contributed by atoms with Crippen molar-refractivity contribution in [2.24, 2.45) is 0 Å². The van der Waals surface area contributed by atoms with Crippen LogP contribution < -0.4 is 10.0 Å². The Hall–Kier alpha value is -2.33. The Morgan fingerprint density at radius 1 is 1.26 bits per heavy atom. The third-order valence-electron chi connectivity index (χ3n) is 3.07. The van der Waals surface area contributed by atoms with E-state index in [0.717, 1.165) is 5.56 Å². The molecule has 0 spiro atoms. The lowest BCUT2D eigenvalue weighted by Gasteiger charge is -2.10. The first kappa shape index (κ1) is 17.0. The van der Waals surface area contributed by atoms with Gasteiger partial charge in [-0.15, -0.1) is 5.10 Å². The van der Waals surface area contributed by atoms with Crippen molar-refractivity contribution in [3.8, 4) is 0 Å². The molecule has 2 aromatic rings. The van der Waals surface area contributed by atoms with Crippen LogP contribution in [0.15, 0.2) is 29.4 Å². The predicted molar refractivity (Wildman–Crippen MR) is 81.9 cm³/mol. The van der Waals surface area contributed by atoms with Crippen LogP contribution >= 0.6 is 0 Å². The minimum absolute atomic E-state index is 0.0171. The van der Waals surface area contributed by atoms with Gasteiger partial charge in [0.1, 0.15) is 12.9 Å². The van der Waals surface area contributed by atoms with Crippen molar-refractivity contribution < 1.29 is 13.2 Å². The Morgan fingerprint density at radius 2 is 2.04 bits per heavy atom. The van der Waals surface area contributed by atoms with Crippen molar-refractivity contribution in [2.45, 2.75) is 25.3 Å². The Bertz CT molecular complexity index is 773. The van der Waals surface area contributed by atoms with Gasteiger partial charge in [-0.1, -0.05) is 12.1 Å². The van der Waals surface area contributed by atoms with E-state index >= 15 is 0 Å². The number of carbonyl (C=O) groups excluding carboxylic acids is 1. The second-order valence-electron chi connectivity index (χ2n) is 5.02. The Morgan fingerprint density at radius 3 is 2.74 bits per heavy atom. The summed E-state index contributed by atoms with van der Waals surface area (Å²) in [6, 6.07) is 5.24. The maximum atomic E-state index is 12.3. The van der Waals surface area contributed by atoms with Crippen molar-refractivity contribution >= 4 is 15.9 Å². The molecule has 0 aliphatic carbocycles. The first-order valence-electron chi connectivity index (χ1n) is 6.93. The molecule has 0 unspecified atom stereocenters. The molecular formula is C13H18N6O3S. The summed E-state index contributed by atoms with van der Waals surface area (Å²) in [5.41, 5.74) is 1.54. The van der Waals surface area contributed by atoms with Crippen molar-refractivity contribution in [3.63, 3.8) is 0 Å². The van der Waals surface area contributed by atoms with E-state index in [1.54, 1.807) is 19.1 Å². The van der Waals surface area contributed by atoms with Gasteiger partial charge < -0.3 is 5.32 Å². The first-order chi connectivity index (χ1) is 10.9. The molecule has 9 nitrogen and oxygen atoms in total. The maximum absolute atomic E-state index is 12.3. The summed E-state index contributed by atoms with van der Waals surface area (Å²) in [6.45, 7) is 3.82. The number of hydrogen-bond donors (Lipinski definition) is 2. The van der Waals surface area contributed by atoms with Crippen LogP contribution in [0, 0.1) is 13.8 Å². The van der Waals surface area contributed by atoms with E-state index in [1.165, 1.54) is 11.0 Å². The molecule has 1 aromatic carbocycles. The molecule has 0 bridgehead atoms. The molecule has 1 heterocycles. The normalized spacial score (nSPS) is 11.4. The number of sulfonamides is 1. The lowest BCUT2D eigenvalue weighted by atomic mass is 10.2. The molecule has 10 heteroatoms. The molecule has 0 saturated carbocycles. The van der Waals surface area contributed by atoms with Crippen LogP contribution in [0.1, 0.15) is 11.1 Å². The zero-order chi connectivity index (χ0) is 16.9. The zero-order valence-corrected chi connectivity index (χ0v) is 13.7. The molecule has 0 radical (unpaired) electrons. The number of carbonyl (C=O) groups is 1. The Kier molecular flexibility index (Phi) is 5.40. The topological polar surface area (TPSA) is 119 Å². The van der Waals surface area contributed by atoms with Crippen molar-refractivity contribution in [2.75, 3.05) is 13.1 Å². The number of aryl methyl sites for hydroxylation is 2. The molecule has 23 heavy (non-hydrogen) atoms. The molecule has 2 rings (SSSR count). The highest BCUT2D eigenvalue weighted by Crippen LogP contribution is 2.16. The maximum Gasteiger partial charge on any atom is 0.241 e. The summed E-state index contributed by atoms with van der Waals surface area (Å²) < 4.78 is 28.2. The van der Waals surface area contributed by atoms with Gasteiger partial charge >= 0.3 is 0 Å². The van der Waals surface area contributed by atoms with Gasteiger partial charge in [0, 0.05) is 13.1 Å². The molecule has 1 amide bonds. The van der Waals surface area contributed by atoms with Gasteiger partial charge in [-0.2, -0.15) is 0 Å². The van der Waals surface area contributed by atoms with Crippen LogP contribution in [0.5, 0.6) is 0 Å². The minimum Gasteiger partial charge on any atom is -0.353 e. The van der Waals surface area contributed by atoms with Gasteiger partial charge in [0.05, 0.1) is 4.90 Å². The minimum atomic E-state index is -3.60. The number of nitrogens with zero attached hydrogens (tertiary/aromatic N) is 4. The lowest BCUT2D eigenvalue weighted by Crippen LogP contribution is -2.36. The number of nitrogens with one attached hydrogen (secondary N) is 2. The average molecular weight is 338 g/mol. The van der Waals surface area contributed by atoms with E-state index in [2.05, 4.69) is 25.6 Å². The summed E-state index contributed by atoms with van der Waals surface area (Å²) in [5.74, 6) is -0.303. The van der Waals surface area contributed by atoms with Crippen molar-refractivity contribution in [1.82, 2.24) is 30.2 Å². The summed E-state index contributed by atoms with van der Waals surface area (Å²) in [5, 5.41) is 13.0. The summed E-state index contributed by atoms with van der Waals surface area (Å²) in [7, 11) is -3.60.